The van der Waals surface area contributed by atoms with Crippen molar-refractivity contribution in [2.24, 2.45) is 0 Å². The maximum Gasteiger partial charge on any atom is 0.310 e. The predicted octanol–water partition coefficient (Wildman–Crippen LogP) is 2.09. The summed E-state index contributed by atoms with van der Waals surface area (Å²) in [6, 6.07) is 1.59. The van der Waals surface area contributed by atoms with Crippen molar-refractivity contribution < 1.29 is 14.4 Å². The Hall–Kier alpha value is -1.36. The van der Waals surface area contributed by atoms with Crippen molar-refractivity contribution in [3.8, 4) is 5.75 Å². The quantitative estimate of drug-likeness (QED) is 0.546. The van der Waals surface area contributed by atoms with Gasteiger partial charge in [-0.05, 0) is 0 Å². The lowest BCUT2D eigenvalue weighted by molar-refractivity contribution is -0.387. The molecular formula is C6H3ClFNO3. The lowest BCUT2D eigenvalue weighted by atomic mass is 10.3. The van der Waals surface area contributed by atoms with Crippen LogP contribution in [0.2, 0.25) is 5.02 Å². The number of phenolic OH excluding ortho intramolecular Hbond substituents is 1. The van der Waals surface area contributed by atoms with Crippen LogP contribution in [0.3, 0.4) is 0 Å². The van der Waals surface area contributed by atoms with Gasteiger partial charge in [-0.25, -0.2) is 0 Å². The van der Waals surface area contributed by atoms with E-state index in [0.717, 1.165) is 6.07 Å². The van der Waals surface area contributed by atoms with Crippen LogP contribution in [0.15, 0.2) is 12.1 Å². The van der Waals surface area contributed by atoms with Crippen LogP contribution in [0.1, 0.15) is 0 Å². The Kier molecular flexibility index (Phi) is 2.14. The molecule has 1 N–H and O–H groups in total. The average Bonchev–Trinajstić information content (AvgIpc) is 1.96. The highest BCUT2D eigenvalue weighted by molar-refractivity contribution is 6.31. The molecule has 12 heavy (non-hydrogen) atoms. The molecule has 4 nitrogen and oxygen atoms in total. The fourth-order valence-electron chi connectivity index (χ4n) is 0.694. The molecule has 0 bridgehead atoms. The van der Waals surface area contributed by atoms with Gasteiger partial charge in [-0.15, -0.1) is 0 Å². The van der Waals surface area contributed by atoms with E-state index in [9.17, 15) is 14.5 Å². The molecule has 0 fully saturated rings. The van der Waals surface area contributed by atoms with E-state index >= 15 is 0 Å². The third-order valence-electron chi connectivity index (χ3n) is 1.19. The Morgan fingerprint density at radius 2 is 2.17 bits per heavy atom. The third-order valence-corrected chi connectivity index (χ3v) is 1.47. The lowest BCUT2D eigenvalue weighted by Crippen LogP contribution is -1.92. The van der Waals surface area contributed by atoms with Gasteiger partial charge < -0.3 is 5.11 Å². The molecule has 6 heteroatoms. The number of aromatic hydroxyl groups is 1. The minimum Gasteiger partial charge on any atom is -0.508 e. The molecule has 0 spiro atoms. The fourth-order valence-corrected chi connectivity index (χ4v) is 0.902. The van der Waals surface area contributed by atoms with Gasteiger partial charge in [-0.1, -0.05) is 11.6 Å². The molecule has 1 aromatic carbocycles. The molecule has 0 heterocycles. The Bertz CT molecular complexity index is 342. The highest BCUT2D eigenvalue weighted by Gasteiger charge is 2.18. The highest BCUT2D eigenvalue weighted by Crippen LogP contribution is 2.29. The van der Waals surface area contributed by atoms with Gasteiger partial charge in [0.05, 0.1) is 16.0 Å². The number of nitro benzene ring substituents is 1. The Labute approximate surface area is 71.3 Å². The number of benzene rings is 1. The van der Waals surface area contributed by atoms with Gasteiger partial charge in [0.25, 0.3) is 0 Å². The minimum absolute atomic E-state index is 0.437. The van der Waals surface area contributed by atoms with Gasteiger partial charge in [-0.2, -0.15) is 4.39 Å². The molecule has 0 aliphatic heterocycles. The molecule has 0 aromatic heterocycles. The van der Waals surface area contributed by atoms with E-state index in [1.807, 2.05) is 0 Å². The number of hydrogen-bond donors (Lipinski definition) is 1. The van der Waals surface area contributed by atoms with Crippen LogP contribution >= 0.6 is 11.6 Å². The van der Waals surface area contributed by atoms with Gasteiger partial charge in [0.1, 0.15) is 5.75 Å². The van der Waals surface area contributed by atoms with E-state index < -0.39 is 27.2 Å². The van der Waals surface area contributed by atoms with Crippen LogP contribution in [0.5, 0.6) is 5.75 Å². The van der Waals surface area contributed by atoms with Crippen LogP contribution in [-0.2, 0) is 0 Å². The van der Waals surface area contributed by atoms with Gasteiger partial charge in [-0.3, -0.25) is 10.1 Å². The van der Waals surface area contributed by atoms with Gasteiger partial charge in [0, 0.05) is 6.07 Å². The zero-order chi connectivity index (χ0) is 9.30. The second kappa shape index (κ2) is 2.94. The summed E-state index contributed by atoms with van der Waals surface area (Å²) in [5.74, 6) is -1.58. The smallest absolute Gasteiger partial charge is 0.310 e. The SMILES string of the molecule is O=[N+]([O-])c1cc(O)cc(Cl)c1F. The van der Waals surface area contributed by atoms with E-state index in [2.05, 4.69) is 0 Å². The summed E-state index contributed by atoms with van der Waals surface area (Å²) in [6.45, 7) is 0. The third kappa shape index (κ3) is 1.45. The first-order valence-electron chi connectivity index (χ1n) is 2.85. The number of halogens is 2. The Morgan fingerprint density at radius 3 is 2.67 bits per heavy atom. The molecule has 64 valence electrons. The van der Waals surface area contributed by atoms with Gasteiger partial charge in [0.2, 0.25) is 5.82 Å². The fraction of sp³-hybridized carbons (Fsp3) is 0. The summed E-state index contributed by atoms with van der Waals surface area (Å²) in [5, 5.41) is 18.5. The number of hydrogen-bond acceptors (Lipinski definition) is 3. The minimum atomic E-state index is -1.14. The van der Waals surface area contributed by atoms with Gasteiger partial charge in [0.15, 0.2) is 0 Å². The summed E-state index contributed by atoms with van der Waals surface area (Å²) in [7, 11) is 0. The summed E-state index contributed by atoms with van der Waals surface area (Å²) < 4.78 is 12.7. The molecule has 0 radical (unpaired) electrons. The molecule has 1 rings (SSSR count). The number of phenols is 1. The van der Waals surface area contributed by atoms with E-state index in [4.69, 9.17) is 16.7 Å². The topological polar surface area (TPSA) is 63.4 Å². The molecule has 0 saturated carbocycles. The summed E-state index contributed by atoms with van der Waals surface area (Å²) in [6.07, 6.45) is 0. The van der Waals surface area contributed by atoms with Crippen molar-refractivity contribution in [2.45, 2.75) is 0 Å². The van der Waals surface area contributed by atoms with Crippen LogP contribution in [-0.4, -0.2) is 10.0 Å². The van der Waals surface area contributed by atoms with E-state index in [0.29, 0.717) is 6.07 Å². The second-order valence-corrected chi connectivity index (χ2v) is 2.43. The molecule has 0 atom stereocenters. The maximum absolute atomic E-state index is 12.7. The Balaban J connectivity index is 3.37. The maximum atomic E-state index is 12.7. The largest absolute Gasteiger partial charge is 0.508 e. The monoisotopic (exact) mass is 191 g/mol. The van der Waals surface area contributed by atoms with E-state index in [1.54, 1.807) is 0 Å². The van der Waals surface area contributed by atoms with E-state index in [1.165, 1.54) is 0 Å². The van der Waals surface area contributed by atoms with Gasteiger partial charge >= 0.3 is 5.69 Å². The molecule has 0 unspecified atom stereocenters. The molecule has 0 saturated heterocycles. The lowest BCUT2D eigenvalue weighted by Gasteiger charge is -1.96. The van der Waals surface area contributed by atoms with Crippen LogP contribution in [0, 0.1) is 15.9 Å². The molecule has 1 aromatic rings. The second-order valence-electron chi connectivity index (χ2n) is 2.02. The molecular weight excluding hydrogens is 189 g/mol. The van der Waals surface area contributed by atoms with Crippen molar-refractivity contribution >= 4 is 17.3 Å². The van der Waals surface area contributed by atoms with Crippen molar-refractivity contribution in [3.63, 3.8) is 0 Å². The summed E-state index contributed by atoms with van der Waals surface area (Å²) in [5.41, 5.74) is -0.833. The van der Waals surface area contributed by atoms with Crippen LogP contribution in [0.25, 0.3) is 0 Å². The first-order valence-corrected chi connectivity index (χ1v) is 3.22. The highest BCUT2D eigenvalue weighted by atomic mass is 35.5. The molecule has 0 aliphatic rings. The van der Waals surface area contributed by atoms with Crippen LogP contribution in [0.4, 0.5) is 10.1 Å². The first kappa shape index (κ1) is 8.73. The normalized spacial score (nSPS) is 9.83. The average molecular weight is 192 g/mol. The number of nitro groups is 1. The van der Waals surface area contributed by atoms with Crippen molar-refractivity contribution in [1.29, 1.82) is 0 Å². The first-order chi connectivity index (χ1) is 5.52. The zero-order valence-corrected chi connectivity index (χ0v) is 6.38. The van der Waals surface area contributed by atoms with Crippen molar-refractivity contribution in [2.75, 3.05) is 0 Å². The van der Waals surface area contributed by atoms with Crippen LogP contribution < -0.4 is 0 Å². The summed E-state index contributed by atoms with van der Waals surface area (Å²) in [4.78, 5) is 9.16. The molecule has 0 aliphatic carbocycles. The zero-order valence-electron chi connectivity index (χ0n) is 5.62. The van der Waals surface area contributed by atoms with Crippen molar-refractivity contribution in [3.05, 3.63) is 33.1 Å². The number of rotatable bonds is 1. The van der Waals surface area contributed by atoms with E-state index in [-0.39, 0.29) is 0 Å². The Morgan fingerprint density at radius 1 is 1.58 bits per heavy atom. The summed E-state index contributed by atoms with van der Waals surface area (Å²) >= 11 is 5.22. The standard InChI is InChI=1S/C6H3ClFNO3/c7-4-1-3(10)2-5(6(4)8)9(11)12/h1-2,10H. The molecule has 0 amide bonds. The number of nitrogens with zero attached hydrogens (tertiary/aromatic N) is 1. The predicted molar refractivity (Wildman–Crippen MR) is 39.7 cm³/mol. The van der Waals surface area contributed by atoms with Crippen molar-refractivity contribution in [1.82, 2.24) is 0 Å².